The number of carbonyl (C=O) groups excluding carboxylic acids is 2. The molecule has 3 heterocycles. The van der Waals surface area contributed by atoms with Crippen molar-refractivity contribution in [2.75, 3.05) is 6.54 Å². The minimum absolute atomic E-state index is 0.0284. The van der Waals surface area contributed by atoms with E-state index in [4.69, 9.17) is 0 Å². The number of nitrogens with zero attached hydrogens (tertiary/aromatic N) is 3. The maximum Gasteiger partial charge on any atom is 0.272 e. The zero-order valence-corrected chi connectivity index (χ0v) is 16.2. The number of rotatable bonds is 5. The highest BCUT2D eigenvalue weighted by atomic mass is 32.1. The zero-order valence-electron chi connectivity index (χ0n) is 15.4. The Morgan fingerprint density at radius 3 is 2.81 bits per heavy atom. The third-order valence-corrected chi connectivity index (χ3v) is 5.72. The molecule has 7 heteroatoms. The van der Waals surface area contributed by atoms with Crippen molar-refractivity contribution >= 4 is 28.1 Å². The van der Waals surface area contributed by atoms with E-state index in [9.17, 15) is 9.59 Å². The second kappa shape index (κ2) is 7.15. The smallest absolute Gasteiger partial charge is 0.272 e. The van der Waals surface area contributed by atoms with Gasteiger partial charge in [-0.15, -0.1) is 11.3 Å². The van der Waals surface area contributed by atoms with E-state index in [2.05, 4.69) is 10.3 Å². The molecular formula is C20H22N4O2S. The molecule has 0 saturated carbocycles. The average Bonchev–Trinajstić information content (AvgIpc) is 3.35. The lowest BCUT2D eigenvalue weighted by Crippen LogP contribution is -2.45. The molecule has 140 valence electrons. The molecule has 1 N–H and O–H groups in total. The second-order valence-electron chi connectivity index (χ2n) is 7.12. The van der Waals surface area contributed by atoms with Gasteiger partial charge < -0.3 is 10.2 Å². The number of imidazole rings is 1. The highest BCUT2D eigenvalue weighted by Gasteiger charge is 2.29. The van der Waals surface area contributed by atoms with Gasteiger partial charge in [-0.2, -0.15) is 0 Å². The molecule has 4 rings (SSSR count). The summed E-state index contributed by atoms with van der Waals surface area (Å²) in [4.78, 5) is 32.0. The summed E-state index contributed by atoms with van der Waals surface area (Å²) < 4.78 is 1.87. The van der Waals surface area contributed by atoms with Gasteiger partial charge in [0.2, 0.25) is 5.91 Å². The maximum absolute atomic E-state index is 13.2. The van der Waals surface area contributed by atoms with Crippen molar-refractivity contribution in [3.63, 3.8) is 0 Å². The number of nitrogens with one attached hydrogen (secondary N) is 1. The van der Waals surface area contributed by atoms with Crippen LogP contribution in [0.2, 0.25) is 0 Å². The largest absolute Gasteiger partial charge is 0.352 e. The summed E-state index contributed by atoms with van der Waals surface area (Å²) in [7, 11) is 0. The molecule has 27 heavy (non-hydrogen) atoms. The van der Waals surface area contributed by atoms with Crippen LogP contribution in [0.4, 0.5) is 0 Å². The number of benzene rings is 1. The quantitative estimate of drug-likeness (QED) is 0.737. The van der Waals surface area contributed by atoms with Gasteiger partial charge in [-0.05, 0) is 20.3 Å². The van der Waals surface area contributed by atoms with Crippen LogP contribution in [0, 0.1) is 0 Å². The van der Waals surface area contributed by atoms with Gasteiger partial charge in [-0.25, -0.2) is 4.98 Å². The predicted octanol–water partition coefficient (Wildman–Crippen LogP) is 3.19. The molecule has 1 aromatic carbocycles. The third kappa shape index (κ3) is 3.47. The maximum atomic E-state index is 13.2. The van der Waals surface area contributed by atoms with Gasteiger partial charge in [0.1, 0.15) is 5.69 Å². The number of aromatic nitrogens is 2. The molecule has 6 nitrogen and oxygen atoms in total. The van der Waals surface area contributed by atoms with Gasteiger partial charge in [-0.3, -0.25) is 14.0 Å². The number of thiazole rings is 1. The number of hydrogen-bond donors (Lipinski definition) is 1. The molecular weight excluding hydrogens is 360 g/mol. The normalized spacial score (nSPS) is 16.9. The minimum Gasteiger partial charge on any atom is -0.352 e. The van der Waals surface area contributed by atoms with Crippen molar-refractivity contribution < 1.29 is 9.59 Å². The number of hydrogen-bond acceptors (Lipinski definition) is 4. The van der Waals surface area contributed by atoms with Crippen LogP contribution >= 0.6 is 11.3 Å². The monoisotopic (exact) mass is 382 g/mol. The molecule has 1 atom stereocenters. The van der Waals surface area contributed by atoms with Crippen molar-refractivity contribution in [3.05, 3.63) is 47.6 Å². The molecule has 1 aliphatic heterocycles. The van der Waals surface area contributed by atoms with Gasteiger partial charge in [-0.1, -0.05) is 30.3 Å². The van der Waals surface area contributed by atoms with Crippen molar-refractivity contribution in [2.24, 2.45) is 0 Å². The van der Waals surface area contributed by atoms with Crippen LogP contribution in [-0.4, -0.2) is 44.7 Å². The Morgan fingerprint density at radius 2 is 2.15 bits per heavy atom. The summed E-state index contributed by atoms with van der Waals surface area (Å²) in [6, 6.07) is 10.0. The summed E-state index contributed by atoms with van der Waals surface area (Å²) in [5.74, 6) is 0.0330. The van der Waals surface area contributed by atoms with Crippen molar-refractivity contribution in [2.45, 2.75) is 38.8 Å². The van der Waals surface area contributed by atoms with E-state index >= 15 is 0 Å². The molecule has 2 amide bonds. The van der Waals surface area contributed by atoms with Crippen LogP contribution in [0.25, 0.3) is 16.2 Å². The lowest BCUT2D eigenvalue weighted by molar-refractivity contribution is -0.119. The molecule has 1 fully saturated rings. The van der Waals surface area contributed by atoms with Gasteiger partial charge >= 0.3 is 0 Å². The fraction of sp³-hybridized carbons (Fsp3) is 0.350. The zero-order chi connectivity index (χ0) is 19.0. The van der Waals surface area contributed by atoms with Crippen LogP contribution in [0.1, 0.15) is 37.2 Å². The van der Waals surface area contributed by atoms with Crippen LogP contribution in [0.15, 0.2) is 41.9 Å². The topological polar surface area (TPSA) is 66.7 Å². The Bertz CT molecular complexity index is 976. The van der Waals surface area contributed by atoms with E-state index in [1.807, 2.05) is 65.1 Å². The Balaban J connectivity index is 1.62. The fourth-order valence-electron chi connectivity index (χ4n) is 3.41. The molecule has 3 aromatic rings. The van der Waals surface area contributed by atoms with Gasteiger partial charge in [0, 0.05) is 42.2 Å². The lowest BCUT2D eigenvalue weighted by Gasteiger charge is -2.29. The van der Waals surface area contributed by atoms with E-state index < -0.39 is 0 Å². The molecule has 0 unspecified atom stereocenters. The minimum atomic E-state index is -0.0330. The number of amides is 2. The molecule has 0 aliphatic carbocycles. The highest BCUT2D eigenvalue weighted by Crippen LogP contribution is 2.25. The third-order valence-electron chi connectivity index (χ3n) is 4.88. The first-order valence-electron chi connectivity index (χ1n) is 9.15. The summed E-state index contributed by atoms with van der Waals surface area (Å²) >= 11 is 1.46. The molecule has 0 spiro atoms. The Morgan fingerprint density at radius 1 is 1.37 bits per heavy atom. The summed E-state index contributed by atoms with van der Waals surface area (Å²) in [5, 5.41) is 4.82. The molecule has 1 aliphatic rings. The van der Waals surface area contributed by atoms with Gasteiger partial charge in [0.25, 0.3) is 5.91 Å². The van der Waals surface area contributed by atoms with Crippen LogP contribution < -0.4 is 5.32 Å². The van der Waals surface area contributed by atoms with Crippen molar-refractivity contribution in [1.82, 2.24) is 19.6 Å². The van der Waals surface area contributed by atoms with E-state index in [0.29, 0.717) is 18.7 Å². The Kier molecular flexibility index (Phi) is 4.70. The van der Waals surface area contributed by atoms with Crippen LogP contribution in [-0.2, 0) is 4.79 Å². The Hall–Kier alpha value is -2.67. The molecule has 2 aromatic heterocycles. The Labute approximate surface area is 161 Å². The first-order chi connectivity index (χ1) is 13.0. The summed E-state index contributed by atoms with van der Waals surface area (Å²) in [6.07, 6.45) is 3.23. The lowest BCUT2D eigenvalue weighted by atomic mass is 10.1. The van der Waals surface area contributed by atoms with Crippen molar-refractivity contribution in [3.8, 4) is 11.3 Å². The highest BCUT2D eigenvalue weighted by molar-refractivity contribution is 7.15. The van der Waals surface area contributed by atoms with Crippen molar-refractivity contribution in [1.29, 1.82) is 0 Å². The van der Waals surface area contributed by atoms with E-state index in [1.54, 1.807) is 0 Å². The van der Waals surface area contributed by atoms with E-state index in [-0.39, 0.29) is 23.9 Å². The summed E-state index contributed by atoms with van der Waals surface area (Å²) in [6.45, 7) is 4.53. The first kappa shape index (κ1) is 17.7. The van der Waals surface area contributed by atoms with Crippen LogP contribution in [0.3, 0.4) is 0 Å². The predicted molar refractivity (Wildman–Crippen MR) is 106 cm³/mol. The first-order valence-corrected chi connectivity index (χ1v) is 10.0. The standard InChI is InChI=1S/C20H22N4O2S/c1-13(2)23(10-15-8-9-18(25)21-15)19(26)17-12-27-20-22-16(11-24(17)20)14-6-4-3-5-7-14/h3-7,11-13,15H,8-10H2,1-2H3,(H,21,25)/t15-/m1/s1. The van der Waals surface area contributed by atoms with Crippen LogP contribution in [0.5, 0.6) is 0 Å². The average molecular weight is 382 g/mol. The van der Waals surface area contributed by atoms with E-state index in [1.165, 1.54) is 11.3 Å². The number of fused-ring (bicyclic) bond motifs is 1. The number of carbonyl (C=O) groups is 2. The second-order valence-corrected chi connectivity index (χ2v) is 7.96. The molecule has 1 saturated heterocycles. The van der Waals surface area contributed by atoms with Gasteiger partial charge in [0.15, 0.2) is 4.96 Å². The molecule has 0 radical (unpaired) electrons. The summed E-state index contributed by atoms with van der Waals surface area (Å²) in [5.41, 5.74) is 2.50. The van der Waals surface area contributed by atoms with Gasteiger partial charge in [0.05, 0.1) is 5.69 Å². The SMILES string of the molecule is CC(C)N(C[C@H]1CCC(=O)N1)C(=O)c1csc2nc(-c3ccccc3)cn12. The fourth-order valence-corrected chi connectivity index (χ4v) is 4.26. The molecule has 0 bridgehead atoms. The van der Waals surface area contributed by atoms with E-state index in [0.717, 1.165) is 22.6 Å².